The predicted molar refractivity (Wildman–Crippen MR) is 86.7 cm³/mol. The molecule has 0 aliphatic carbocycles. The van der Waals surface area contributed by atoms with Gasteiger partial charge in [-0.05, 0) is 30.3 Å². The topological polar surface area (TPSA) is 62.1 Å². The van der Waals surface area contributed by atoms with Crippen molar-refractivity contribution in [2.45, 2.75) is 6.61 Å². The van der Waals surface area contributed by atoms with Gasteiger partial charge in [-0.1, -0.05) is 35.9 Å². The van der Waals surface area contributed by atoms with Gasteiger partial charge in [0.05, 0.1) is 0 Å². The summed E-state index contributed by atoms with van der Waals surface area (Å²) in [4.78, 5) is 12.2. The Balaban J connectivity index is 2.26. The molecule has 0 spiro atoms. The highest BCUT2D eigenvalue weighted by Gasteiger charge is 2.13. The van der Waals surface area contributed by atoms with Crippen molar-refractivity contribution in [1.82, 2.24) is 0 Å². The first kappa shape index (κ1) is 17.4. The summed E-state index contributed by atoms with van der Waals surface area (Å²) in [5, 5.41) is 12.1. The minimum atomic E-state index is -3.01. The Morgan fingerprint density at radius 1 is 1.25 bits per heavy atom. The molecule has 122 valence electrons. The van der Waals surface area contributed by atoms with Gasteiger partial charge in [0, 0.05) is 16.3 Å². The number of halogens is 3. The lowest BCUT2D eigenvalue weighted by Gasteiger charge is -2.08. The molecule has 0 atom stereocenters. The van der Waals surface area contributed by atoms with Gasteiger partial charge in [0.15, 0.2) is 0 Å². The molecule has 0 heterocycles. The van der Waals surface area contributed by atoms with E-state index in [0.717, 1.165) is 0 Å². The maximum Gasteiger partial charge on any atom is 0.387 e. The van der Waals surface area contributed by atoms with Gasteiger partial charge in [0.1, 0.15) is 17.4 Å². The van der Waals surface area contributed by atoms with Crippen molar-refractivity contribution in [3.8, 4) is 11.8 Å². The van der Waals surface area contributed by atoms with Crippen molar-refractivity contribution in [2.24, 2.45) is 0 Å². The number of carbonyl (C=O) groups excluding carboxylic acids is 1. The van der Waals surface area contributed by atoms with E-state index in [4.69, 9.17) is 16.9 Å². The number of anilines is 1. The zero-order valence-electron chi connectivity index (χ0n) is 12.2. The standard InChI is InChI=1S/C17H11ClF2N2O2/c18-13-5-3-6-14(9-13)22-16(23)12(10-21)8-11-4-1-2-7-15(11)24-17(19)20/h1-9,17H,(H,22,23)/b12-8+. The molecule has 0 saturated carbocycles. The van der Waals surface area contributed by atoms with Gasteiger partial charge in [0.25, 0.3) is 5.91 Å². The number of hydrogen-bond donors (Lipinski definition) is 1. The van der Waals surface area contributed by atoms with Crippen LogP contribution in [-0.4, -0.2) is 12.5 Å². The fourth-order valence-corrected chi connectivity index (χ4v) is 2.06. The fraction of sp³-hybridized carbons (Fsp3) is 0.0588. The van der Waals surface area contributed by atoms with E-state index in [1.54, 1.807) is 30.3 Å². The van der Waals surface area contributed by atoms with E-state index in [1.807, 2.05) is 0 Å². The molecule has 2 rings (SSSR count). The van der Waals surface area contributed by atoms with Gasteiger partial charge in [0.2, 0.25) is 0 Å². The second-order valence-corrected chi connectivity index (χ2v) is 4.99. The average Bonchev–Trinajstić information content (AvgIpc) is 2.53. The SMILES string of the molecule is N#C/C(=C\c1ccccc1OC(F)F)C(=O)Nc1cccc(Cl)c1. The highest BCUT2D eigenvalue weighted by molar-refractivity contribution is 6.31. The van der Waals surface area contributed by atoms with Gasteiger partial charge in [-0.25, -0.2) is 0 Å². The summed E-state index contributed by atoms with van der Waals surface area (Å²) in [6.07, 6.45) is 1.18. The van der Waals surface area contributed by atoms with E-state index in [1.165, 1.54) is 30.3 Å². The van der Waals surface area contributed by atoms with Crippen LogP contribution in [0.5, 0.6) is 5.75 Å². The highest BCUT2D eigenvalue weighted by atomic mass is 35.5. The Kier molecular flexibility index (Phi) is 5.88. The molecule has 0 radical (unpaired) electrons. The van der Waals surface area contributed by atoms with Crippen LogP contribution >= 0.6 is 11.6 Å². The maximum absolute atomic E-state index is 12.4. The molecule has 2 aromatic carbocycles. The number of hydrogen-bond acceptors (Lipinski definition) is 3. The van der Waals surface area contributed by atoms with Gasteiger partial charge in [-0.2, -0.15) is 14.0 Å². The summed E-state index contributed by atoms with van der Waals surface area (Å²) in [5.41, 5.74) is 0.335. The van der Waals surface area contributed by atoms with Gasteiger partial charge < -0.3 is 10.1 Å². The summed E-state index contributed by atoms with van der Waals surface area (Å²) >= 11 is 5.82. The maximum atomic E-state index is 12.4. The molecule has 0 aliphatic rings. The molecule has 0 aromatic heterocycles. The first-order valence-electron chi connectivity index (χ1n) is 6.72. The van der Waals surface area contributed by atoms with Crippen LogP contribution < -0.4 is 10.1 Å². The van der Waals surface area contributed by atoms with Crippen molar-refractivity contribution in [2.75, 3.05) is 5.32 Å². The summed E-state index contributed by atoms with van der Waals surface area (Å²) < 4.78 is 29.2. The Hall–Kier alpha value is -2.91. The number of nitrogens with zero attached hydrogens (tertiary/aromatic N) is 1. The zero-order chi connectivity index (χ0) is 17.5. The molecule has 0 unspecified atom stereocenters. The number of nitrogens with one attached hydrogen (secondary N) is 1. The van der Waals surface area contributed by atoms with Crippen molar-refractivity contribution in [3.63, 3.8) is 0 Å². The van der Waals surface area contributed by atoms with E-state index < -0.39 is 12.5 Å². The molecule has 0 aliphatic heterocycles. The van der Waals surface area contributed by atoms with Crippen molar-refractivity contribution >= 4 is 29.3 Å². The summed E-state index contributed by atoms with van der Waals surface area (Å²) in [6, 6.07) is 14.0. The second-order valence-electron chi connectivity index (χ2n) is 4.55. The molecular formula is C17H11ClF2N2O2. The van der Waals surface area contributed by atoms with E-state index in [-0.39, 0.29) is 16.9 Å². The van der Waals surface area contributed by atoms with Gasteiger partial charge in [-0.15, -0.1) is 0 Å². The number of rotatable bonds is 5. The number of alkyl halides is 2. The molecule has 1 N–H and O–H groups in total. The summed E-state index contributed by atoms with van der Waals surface area (Å²) in [5.74, 6) is -0.817. The molecule has 0 fully saturated rings. The van der Waals surface area contributed by atoms with Crippen LogP contribution in [-0.2, 0) is 4.79 Å². The Labute approximate surface area is 141 Å². The van der Waals surface area contributed by atoms with Crippen LogP contribution in [0.4, 0.5) is 14.5 Å². The third kappa shape index (κ3) is 4.80. The van der Waals surface area contributed by atoms with Gasteiger partial charge in [-0.3, -0.25) is 4.79 Å². The van der Waals surface area contributed by atoms with Crippen molar-refractivity contribution in [3.05, 3.63) is 64.7 Å². The Bertz CT molecular complexity index is 816. The third-order valence-electron chi connectivity index (χ3n) is 2.88. The Morgan fingerprint density at radius 3 is 2.67 bits per heavy atom. The van der Waals surface area contributed by atoms with Crippen LogP contribution in [0.25, 0.3) is 6.08 Å². The second kappa shape index (κ2) is 8.09. The fourth-order valence-electron chi connectivity index (χ4n) is 1.87. The summed E-state index contributed by atoms with van der Waals surface area (Å²) in [7, 11) is 0. The molecule has 0 bridgehead atoms. The van der Waals surface area contributed by atoms with Crippen LogP contribution in [0, 0.1) is 11.3 Å². The molecule has 4 nitrogen and oxygen atoms in total. The first-order valence-corrected chi connectivity index (χ1v) is 7.10. The van der Waals surface area contributed by atoms with E-state index in [9.17, 15) is 13.6 Å². The average molecular weight is 349 g/mol. The highest BCUT2D eigenvalue weighted by Crippen LogP contribution is 2.23. The summed E-state index contributed by atoms with van der Waals surface area (Å²) in [6.45, 7) is -3.01. The quantitative estimate of drug-likeness (QED) is 0.639. The van der Waals surface area contributed by atoms with Gasteiger partial charge >= 0.3 is 6.61 Å². The monoisotopic (exact) mass is 348 g/mol. The lowest BCUT2D eigenvalue weighted by atomic mass is 10.1. The predicted octanol–water partition coefficient (Wildman–Crippen LogP) is 4.49. The van der Waals surface area contributed by atoms with Crippen LogP contribution in [0.1, 0.15) is 5.56 Å². The number of benzene rings is 2. The number of amides is 1. The Morgan fingerprint density at radius 2 is 2.00 bits per heavy atom. The largest absolute Gasteiger partial charge is 0.434 e. The van der Waals surface area contributed by atoms with Crippen molar-refractivity contribution in [1.29, 1.82) is 5.26 Å². The molecular weight excluding hydrogens is 338 g/mol. The lowest BCUT2D eigenvalue weighted by Crippen LogP contribution is -2.13. The van der Waals surface area contributed by atoms with E-state index >= 15 is 0 Å². The molecule has 1 amide bonds. The number of carbonyl (C=O) groups is 1. The minimum absolute atomic E-state index is 0.129. The smallest absolute Gasteiger partial charge is 0.387 e. The van der Waals surface area contributed by atoms with E-state index in [0.29, 0.717) is 10.7 Å². The normalized spacial score (nSPS) is 11.0. The number of ether oxygens (including phenoxy) is 1. The molecule has 0 saturated heterocycles. The van der Waals surface area contributed by atoms with Crippen molar-refractivity contribution < 1.29 is 18.3 Å². The molecule has 2 aromatic rings. The number of nitriles is 1. The van der Waals surface area contributed by atoms with E-state index in [2.05, 4.69) is 10.1 Å². The molecule has 7 heteroatoms. The number of para-hydroxylation sites is 1. The third-order valence-corrected chi connectivity index (χ3v) is 3.12. The lowest BCUT2D eigenvalue weighted by molar-refractivity contribution is -0.112. The van der Waals surface area contributed by atoms with Crippen LogP contribution in [0.2, 0.25) is 5.02 Å². The molecule has 24 heavy (non-hydrogen) atoms. The van der Waals surface area contributed by atoms with Crippen LogP contribution in [0.3, 0.4) is 0 Å². The zero-order valence-corrected chi connectivity index (χ0v) is 12.9. The van der Waals surface area contributed by atoms with Crippen LogP contribution in [0.15, 0.2) is 54.1 Å². The first-order chi connectivity index (χ1) is 11.5. The minimum Gasteiger partial charge on any atom is -0.434 e.